The Morgan fingerprint density at radius 2 is 1.71 bits per heavy atom. The summed E-state index contributed by atoms with van der Waals surface area (Å²) in [7, 11) is 0. The van der Waals surface area contributed by atoms with Crippen LogP contribution >= 0.6 is 0 Å². The summed E-state index contributed by atoms with van der Waals surface area (Å²) in [6.45, 7) is 6.39. The van der Waals surface area contributed by atoms with E-state index in [1.165, 1.54) is 38.3 Å². The molecule has 1 fully saturated rings. The lowest BCUT2D eigenvalue weighted by atomic mass is 10.1. The van der Waals surface area contributed by atoms with Gasteiger partial charge in [0.25, 0.3) is 0 Å². The molecule has 0 radical (unpaired) electrons. The molecule has 0 aliphatic carbocycles. The van der Waals surface area contributed by atoms with Crippen LogP contribution in [-0.4, -0.2) is 30.6 Å². The average Bonchev–Trinajstić information content (AvgIpc) is 2.39. The Hall–Kier alpha value is -1.49. The lowest BCUT2D eigenvalue weighted by molar-refractivity contribution is -0.140. The fourth-order valence-corrected chi connectivity index (χ4v) is 2.28. The molecule has 0 saturated carbocycles. The number of piperidine rings is 1. The first-order valence-corrected chi connectivity index (χ1v) is 7.32. The van der Waals surface area contributed by atoms with Crippen molar-refractivity contribution in [3.05, 3.63) is 35.4 Å². The molecule has 5 heteroatoms. The molecule has 1 saturated heterocycles. The van der Waals surface area contributed by atoms with Crippen LogP contribution in [-0.2, 0) is 16.1 Å². The molecule has 0 bridgehead atoms. The van der Waals surface area contributed by atoms with E-state index in [0.717, 1.165) is 24.7 Å². The summed E-state index contributed by atoms with van der Waals surface area (Å²) in [6.07, 6.45) is 3.66. The number of nitrogens with zero attached hydrogens (tertiary/aromatic N) is 1. The van der Waals surface area contributed by atoms with E-state index in [2.05, 4.69) is 9.64 Å². The van der Waals surface area contributed by atoms with Crippen LogP contribution in [0.2, 0.25) is 0 Å². The quantitative estimate of drug-likeness (QED) is 0.800. The van der Waals surface area contributed by atoms with Crippen LogP contribution in [0.4, 0.5) is 8.78 Å². The highest BCUT2D eigenvalue weighted by Gasteiger charge is 2.11. The maximum atomic E-state index is 12.9. The summed E-state index contributed by atoms with van der Waals surface area (Å²) >= 11 is 0. The minimum atomic E-state index is -0.484. The van der Waals surface area contributed by atoms with E-state index in [4.69, 9.17) is 0 Å². The first-order chi connectivity index (χ1) is 10.0. The number of likely N-dealkylation sites (tertiary alicyclic amines) is 1. The molecule has 1 heterocycles. The van der Waals surface area contributed by atoms with Crippen LogP contribution in [0.5, 0.6) is 0 Å². The third kappa shape index (κ3) is 7.75. The summed E-state index contributed by atoms with van der Waals surface area (Å²) < 4.78 is 30.3. The van der Waals surface area contributed by atoms with Gasteiger partial charge in [-0.3, -0.25) is 9.69 Å². The zero-order valence-corrected chi connectivity index (χ0v) is 12.7. The predicted octanol–water partition coefficient (Wildman–Crippen LogP) is 3.52. The molecular formula is C16H23F2NO2. The number of benzene rings is 1. The maximum absolute atomic E-state index is 12.9. The van der Waals surface area contributed by atoms with Crippen molar-refractivity contribution in [3.63, 3.8) is 0 Å². The molecule has 2 rings (SSSR count). The molecule has 0 atom stereocenters. The fourth-order valence-electron chi connectivity index (χ4n) is 2.28. The van der Waals surface area contributed by atoms with E-state index in [-0.39, 0.29) is 5.97 Å². The lowest BCUT2D eigenvalue weighted by Gasteiger charge is -2.26. The Morgan fingerprint density at radius 3 is 2.14 bits per heavy atom. The summed E-state index contributed by atoms with van der Waals surface area (Å²) in [5.74, 6) is -1.18. The van der Waals surface area contributed by atoms with Gasteiger partial charge in [-0.1, -0.05) is 6.42 Å². The number of rotatable bonds is 3. The molecule has 118 valence electrons. The van der Waals surface area contributed by atoms with Gasteiger partial charge in [0, 0.05) is 19.5 Å². The van der Waals surface area contributed by atoms with E-state index >= 15 is 0 Å². The Labute approximate surface area is 124 Å². The van der Waals surface area contributed by atoms with Crippen LogP contribution in [0.15, 0.2) is 18.2 Å². The van der Waals surface area contributed by atoms with Gasteiger partial charge in [-0.25, -0.2) is 8.78 Å². The minimum absolute atomic E-state index is 0.211. The second-order valence-electron chi connectivity index (χ2n) is 5.04. The average molecular weight is 299 g/mol. The van der Waals surface area contributed by atoms with Crippen molar-refractivity contribution in [2.24, 2.45) is 0 Å². The number of halogens is 2. The highest BCUT2D eigenvalue weighted by atomic mass is 19.1. The lowest BCUT2D eigenvalue weighted by Crippen LogP contribution is -2.29. The minimum Gasteiger partial charge on any atom is -0.466 e. The summed E-state index contributed by atoms with van der Waals surface area (Å²) in [4.78, 5) is 12.1. The number of carbonyl (C=O) groups excluding carboxylic acids is 1. The molecule has 21 heavy (non-hydrogen) atoms. The molecule has 1 aliphatic heterocycles. The molecule has 1 aromatic rings. The largest absolute Gasteiger partial charge is 0.466 e. The van der Waals surface area contributed by atoms with Crippen molar-refractivity contribution in [1.29, 1.82) is 0 Å². The van der Waals surface area contributed by atoms with E-state index in [1.807, 2.05) is 0 Å². The van der Waals surface area contributed by atoms with Gasteiger partial charge in [-0.05, 0) is 50.6 Å². The highest BCUT2D eigenvalue weighted by molar-refractivity contribution is 5.65. The summed E-state index contributed by atoms with van der Waals surface area (Å²) in [6, 6.07) is 3.75. The number of esters is 1. The second kappa shape index (κ2) is 9.45. The summed E-state index contributed by atoms with van der Waals surface area (Å²) in [5.41, 5.74) is 0.731. The zero-order valence-electron chi connectivity index (χ0n) is 12.7. The SMILES string of the molecule is CCOC(C)=O.Fc1cc(F)cc(CN2CCCCC2)c1. The highest BCUT2D eigenvalue weighted by Crippen LogP contribution is 2.14. The number of hydrogen-bond acceptors (Lipinski definition) is 3. The van der Waals surface area contributed by atoms with Gasteiger partial charge in [0.1, 0.15) is 11.6 Å². The summed E-state index contributed by atoms with van der Waals surface area (Å²) in [5, 5.41) is 0. The zero-order chi connectivity index (χ0) is 15.7. The Bertz CT molecular complexity index is 426. The first kappa shape index (κ1) is 17.6. The van der Waals surface area contributed by atoms with Crippen molar-refractivity contribution in [3.8, 4) is 0 Å². The number of carbonyl (C=O) groups is 1. The Morgan fingerprint density at radius 1 is 1.14 bits per heavy atom. The van der Waals surface area contributed by atoms with Crippen LogP contribution in [0, 0.1) is 11.6 Å². The van der Waals surface area contributed by atoms with Crippen molar-refractivity contribution >= 4 is 5.97 Å². The van der Waals surface area contributed by atoms with E-state index in [1.54, 1.807) is 6.92 Å². The third-order valence-electron chi connectivity index (χ3n) is 3.12. The third-order valence-corrected chi connectivity index (χ3v) is 3.12. The van der Waals surface area contributed by atoms with E-state index in [9.17, 15) is 13.6 Å². The first-order valence-electron chi connectivity index (χ1n) is 7.32. The molecule has 0 unspecified atom stereocenters. The van der Waals surface area contributed by atoms with Crippen LogP contribution in [0.1, 0.15) is 38.7 Å². The number of ether oxygens (including phenoxy) is 1. The van der Waals surface area contributed by atoms with Crippen LogP contribution < -0.4 is 0 Å². The van der Waals surface area contributed by atoms with Crippen LogP contribution in [0.25, 0.3) is 0 Å². The molecule has 1 aromatic carbocycles. The van der Waals surface area contributed by atoms with Gasteiger partial charge in [0.2, 0.25) is 0 Å². The molecule has 0 amide bonds. The van der Waals surface area contributed by atoms with Gasteiger partial charge in [-0.15, -0.1) is 0 Å². The van der Waals surface area contributed by atoms with Gasteiger partial charge >= 0.3 is 5.97 Å². The molecule has 1 aliphatic rings. The van der Waals surface area contributed by atoms with Crippen LogP contribution in [0.3, 0.4) is 0 Å². The second-order valence-corrected chi connectivity index (χ2v) is 5.04. The number of hydrogen-bond donors (Lipinski definition) is 0. The van der Waals surface area contributed by atoms with Gasteiger partial charge in [-0.2, -0.15) is 0 Å². The van der Waals surface area contributed by atoms with E-state index in [0.29, 0.717) is 13.2 Å². The standard InChI is InChI=1S/C12H15F2N.C4H8O2/c13-11-6-10(7-12(14)8-11)9-15-4-2-1-3-5-15;1-3-6-4(2)5/h6-8H,1-5,9H2;3H2,1-2H3. The van der Waals surface area contributed by atoms with Gasteiger partial charge in [0.15, 0.2) is 0 Å². The normalized spacial score (nSPS) is 15.0. The molecular weight excluding hydrogens is 276 g/mol. The topological polar surface area (TPSA) is 29.5 Å². The van der Waals surface area contributed by atoms with Crippen molar-refractivity contribution in [1.82, 2.24) is 4.90 Å². The predicted molar refractivity (Wildman–Crippen MR) is 77.8 cm³/mol. The van der Waals surface area contributed by atoms with Gasteiger partial charge < -0.3 is 4.74 Å². The van der Waals surface area contributed by atoms with E-state index < -0.39 is 11.6 Å². The molecule has 0 aromatic heterocycles. The molecule has 3 nitrogen and oxygen atoms in total. The maximum Gasteiger partial charge on any atom is 0.302 e. The van der Waals surface area contributed by atoms with Crippen molar-refractivity contribution < 1.29 is 18.3 Å². The molecule has 0 spiro atoms. The molecule has 0 N–H and O–H groups in total. The smallest absolute Gasteiger partial charge is 0.302 e. The fraction of sp³-hybridized carbons (Fsp3) is 0.562. The van der Waals surface area contributed by atoms with Gasteiger partial charge in [0.05, 0.1) is 6.61 Å². The Balaban J connectivity index is 0.000000315. The Kier molecular flexibility index (Phi) is 7.90. The monoisotopic (exact) mass is 299 g/mol. The van der Waals surface area contributed by atoms with Crippen molar-refractivity contribution in [2.75, 3.05) is 19.7 Å². The van der Waals surface area contributed by atoms with Crippen molar-refractivity contribution in [2.45, 2.75) is 39.7 Å².